The highest BCUT2D eigenvalue weighted by Crippen LogP contribution is 2.49. The van der Waals surface area contributed by atoms with Gasteiger partial charge in [-0.3, -0.25) is 4.79 Å². The molecule has 1 aliphatic carbocycles. The third kappa shape index (κ3) is 3.24. The SMILES string of the molecule is CN1CCC(N(C)C(=O)[C@H]2C[C@@H]2c2cccc(Cl)c2)CC1. The van der Waals surface area contributed by atoms with Crippen molar-refractivity contribution in [3.05, 3.63) is 34.9 Å². The average Bonchev–Trinajstić information content (AvgIpc) is 3.27. The number of hydrogen-bond acceptors (Lipinski definition) is 2. The number of carbonyl (C=O) groups is 1. The Kier molecular flexibility index (Phi) is 4.23. The smallest absolute Gasteiger partial charge is 0.226 e. The molecular weight excluding hydrogens is 284 g/mol. The minimum Gasteiger partial charge on any atom is -0.342 e. The van der Waals surface area contributed by atoms with Crippen LogP contribution in [0.5, 0.6) is 0 Å². The van der Waals surface area contributed by atoms with Gasteiger partial charge in [-0.25, -0.2) is 0 Å². The summed E-state index contributed by atoms with van der Waals surface area (Å²) in [6, 6.07) is 8.34. The fourth-order valence-electron chi connectivity index (χ4n) is 3.40. The number of benzene rings is 1. The molecule has 2 aliphatic rings. The van der Waals surface area contributed by atoms with Crippen molar-refractivity contribution in [2.75, 3.05) is 27.2 Å². The lowest BCUT2D eigenvalue weighted by Gasteiger charge is -2.35. The summed E-state index contributed by atoms with van der Waals surface area (Å²) in [4.78, 5) is 17.0. The lowest BCUT2D eigenvalue weighted by atomic mass is 10.0. The molecular formula is C17H23ClN2O. The maximum atomic E-state index is 12.6. The number of rotatable bonds is 3. The quantitative estimate of drug-likeness (QED) is 0.857. The van der Waals surface area contributed by atoms with Gasteiger partial charge in [-0.15, -0.1) is 0 Å². The Balaban J connectivity index is 1.59. The van der Waals surface area contributed by atoms with Crippen LogP contribution in [0.15, 0.2) is 24.3 Å². The summed E-state index contributed by atoms with van der Waals surface area (Å²) < 4.78 is 0. The Morgan fingerprint density at radius 2 is 2.05 bits per heavy atom. The molecule has 21 heavy (non-hydrogen) atoms. The lowest BCUT2D eigenvalue weighted by Crippen LogP contribution is -2.45. The minimum atomic E-state index is 0.160. The van der Waals surface area contributed by atoms with E-state index < -0.39 is 0 Å². The van der Waals surface area contributed by atoms with Gasteiger partial charge in [0, 0.05) is 24.0 Å². The van der Waals surface area contributed by atoms with Crippen LogP contribution in [-0.4, -0.2) is 48.9 Å². The molecule has 0 spiro atoms. The van der Waals surface area contributed by atoms with E-state index in [2.05, 4.69) is 18.0 Å². The van der Waals surface area contributed by atoms with Gasteiger partial charge in [0.2, 0.25) is 5.91 Å². The third-order valence-corrected chi connectivity index (χ3v) is 5.20. The normalized spacial score (nSPS) is 26.6. The van der Waals surface area contributed by atoms with E-state index in [0.29, 0.717) is 17.9 Å². The van der Waals surface area contributed by atoms with Crippen molar-refractivity contribution in [2.24, 2.45) is 5.92 Å². The molecule has 0 unspecified atom stereocenters. The highest BCUT2D eigenvalue weighted by Gasteiger charge is 2.46. The number of nitrogens with zero attached hydrogens (tertiary/aromatic N) is 2. The molecule has 1 aromatic carbocycles. The highest BCUT2D eigenvalue weighted by molar-refractivity contribution is 6.30. The van der Waals surface area contributed by atoms with Gasteiger partial charge in [0.15, 0.2) is 0 Å². The Morgan fingerprint density at radius 3 is 2.71 bits per heavy atom. The van der Waals surface area contributed by atoms with Gasteiger partial charge >= 0.3 is 0 Å². The second-order valence-corrected chi connectivity index (χ2v) is 6.92. The molecule has 2 fully saturated rings. The molecule has 0 bridgehead atoms. The number of halogens is 1. The molecule has 0 N–H and O–H groups in total. The van der Waals surface area contributed by atoms with Crippen molar-refractivity contribution in [1.82, 2.24) is 9.80 Å². The zero-order valence-electron chi connectivity index (χ0n) is 12.8. The molecule has 1 aromatic rings. The molecule has 1 saturated heterocycles. The number of likely N-dealkylation sites (tertiary alicyclic amines) is 1. The number of amides is 1. The maximum Gasteiger partial charge on any atom is 0.226 e. The van der Waals surface area contributed by atoms with Crippen molar-refractivity contribution in [1.29, 1.82) is 0 Å². The molecule has 114 valence electrons. The molecule has 4 heteroatoms. The van der Waals surface area contributed by atoms with Crippen LogP contribution in [0.3, 0.4) is 0 Å². The molecule has 1 saturated carbocycles. The van der Waals surface area contributed by atoms with Gasteiger partial charge in [-0.1, -0.05) is 23.7 Å². The first kappa shape index (κ1) is 14.9. The average molecular weight is 307 g/mol. The zero-order valence-corrected chi connectivity index (χ0v) is 13.5. The van der Waals surface area contributed by atoms with Crippen LogP contribution in [0.25, 0.3) is 0 Å². The van der Waals surface area contributed by atoms with E-state index in [9.17, 15) is 4.79 Å². The summed E-state index contributed by atoms with van der Waals surface area (Å²) in [5.41, 5.74) is 1.21. The molecule has 3 rings (SSSR count). The summed E-state index contributed by atoms with van der Waals surface area (Å²) in [7, 11) is 4.12. The molecule has 2 atom stereocenters. The van der Waals surface area contributed by atoms with E-state index in [1.807, 2.05) is 30.1 Å². The summed E-state index contributed by atoms with van der Waals surface area (Å²) in [6.07, 6.45) is 3.15. The second kappa shape index (κ2) is 5.98. The van der Waals surface area contributed by atoms with Gasteiger partial charge < -0.3 is 9.80 Å². The largest absolute Gasteiger partial charge is 0.342 e. The molecule has 0 aromatic heterocycles. The predicted octanol–water partition coefficient (Wildman–Crippen LogP) is 3.00. The lowest BCUT2D eigenvalue weighted by molar-refractivity contribution is -0.134. The van der Waals surface area contributed by atoms with Gasteiger partial charge in [0.05, 0.1) is 0 Å². The maximum absolute atomic E-state index is 12.6. The monoisotopic (exact) mass is 306 g/mol. The Hall–Kier alpha value is -1.06. The topological polar surface area (TPSA) is 23.6 Å². The molecule has 1 aliphatic heterocycles. The minimum absolute atomic E-state index is 0.160. The van der Waals surface area contributed by atoms with Gasteiger partial charge in [0.1, 0.15) is 0 Å². The van der Waals surface area contributed by atoms with Crippen LogP contribution in [0.1, 0.15) is 30.7 Å². The Morgan fingerprint density at radius 1 is 1.33 bits per heavy atom. The van der Waals surface area contributed by atoms with Crippen molar-refractivity contribution in [2.45, 2.75) is 31.2 Å². The molecule has 3 nitrogen and oxygen atoms in total. The first-order chi connectivity index (χ1) is 10.1. The first-order valence-electron chi connectivity index (χ1n) is 7.77. The van der Waals surface area contributed by atoms with Crippen LogP contribution in [0, 0.1) is 5.92 Å². The van der Waals surface area contributed by atoms with Gasteiger partial charge in [-0.2, -0.15) is 0 Å². The number of piperidine rings is 1. The Labute approximate surface area is 131 Å². The van der Waals surface area contributed by atoms with Crippen molar-refractivity contribution in [3.63, 3.8) is 0 Å². The van der Waals surface area contributed by atoms with E-state index >= 15 is 0 Å². The van der Waals surface area contributed by atoms with Gasteiger partial charge in [-0.05, 0) is 63.0 Å². The number of carbonyl (C=O) groups excluding carboxylic acids is 1. The predicted molar refractivity (Wildman–Crippen MR) is 85.6 cm³/mol. The number of hydrogen-bond donors (Lipinski definition) is 0. The molecule has 1 heterocycles. The van der Waals surface area contributed by atoms with Crippen molar-refractivity contribution in [3.8, 4) is 0 Å². The van der Waals surface area contributed by atoms with Gasteiger partial charge in [0.25, 0.3) is 0 Å². The fourth-order valence-corrected chi connectivity index (χ4v) is 3.60. The summed E-state index contributed by atoms with van der Waals surface area (Å²) in [5.74, 6) is 0.840. The standard InChI is InChI=1S/C17H23ClN2O/c1-19-8-6-14(7-9-19)20(2)17(21)16-11-15(16)12-4-3-5-13(18)10-12/h3-5,10,14-16H,6-9,11H2,1-2H3/t15-,16+/m1/s1. The van der Waals surface area contributed by atoms with Crippen molar-refractivity contribution < 1.29 is 4.79 Å². The van der Waals surface area contributed by atoms with Crippen LogP contribution in [-0.2, 0) is 4.79 Å². The van der Waals surface area contributed by atoms with Crippen LogP contribution in [0.2, 0.25) is 5.02 Å². The third-order valence-electron chi connectivity index (χ3n) is 4.97. The van der Waals surface area contributed by atoms with E-state index in [1.165, 1.54) is 5.56 Å². The first-order valence-corrected chi connectivity index (χ1v) is 8.14. The van der Waals surface area contributed by atoms with Crippen LogP contribution < -0.4 is 0 Å². The summed E-state index contributed by atoms with van der Waals surface area (Å²) in [5, 5.41) is 0.759. The van der Waals surface area contributed by atoms with E-state index in [0.717, 1.165) is 37.4 Å². The molecule has 0 radical (unpaired) electrons. The van der Waals surface area contributed by atoms with E-state index in [1.54, 1.807) is 0 Å². The summed E-state index contributed by atoms with van der Waals surface area (Å²) in [6.45, 7) is 2.18. The Bertz CT molecular complexity index is 525. The van der Waals surface area contributed by atoms with E-state index in [4.69, 9.17) is 11.6 Å². The van der Waals surface area contributed by atoms with Crippen LogP contribution >= 0.6 is 11.6 Å². The highest BCUT2D eigenvalue weighted by atomic mass is 35.5. The molecule has 1 amide bonds. The van der Waals surface area contributed by atoms with Crippen LogP contribution in [0.4, 0.5) is 0 Å². The second-order valence-electron chi connectivity index (χ2n) is 6.49. The van der Waals surface area contributed by atoms with E-state index in [-0.39, 0.29) is 5.92 Å². The van der Waals surface area contributed by atoms with Crippen molar-refractivity contribution >= 4 is 17.5 Å². The fraction of sp³-hybridized carbons (Fsp3) is 0.588. The summed E-state index contributed by atoms with van der Waals surface area (Å²) >= 11 is 6.04. The zero-order chi connectivity index (χ0) is 15.0.